The molecule has 3 fully saturated rings. The molecule has 0 bridgehead atoms. The molecule has 0 saturated heterocycles. The molecule has 0 unspecified atom stereocenters. The average Bonchev–Trinajstić information content (AvgIpc) is 3.44. The molecule has 6 rings (SSSR count). The molecule has 0 radical (unpaired) electrons. The first-order valence-corrected chi connectivity index (χ1v) is 15.9. The number of halogens is 2. The van der Waals surface area contributed by atoms with Crippen molar-refractivity contribution < 1.29 is 33.0 Å². The highest BCUT2D eigenvalue weighted by Crippen LogP contribution is 2.70. The zero-order valence-electron chi connectivity index (χ0n) is 25.2. The number of carbonyl (C=O) groups is 2. The third kappa shape index (κ3) is 4.35. The molecule has 0 aliphatic heterocycles. The van der Waals surface area contributed by atoms with Crippen molar-refractivity contribution in [3.63, 3.8) is 0 Å². The molecular weight excluding hydrogens is 576 g/mol. The van der Waals surface area contributed by atoms with Crippen LogP contribution in [0.25, 0.3) is 11.8 Å². The maximum atomic E-state index is 13.8. The number of carbonyl (C=O) groups excluding carboxylic acids is 2. The number of rotatable bonds is 6. The van der Waals surface area contributed by atoms with E-state index in [1.807, 2.05) is 20.0 Å². The van der Waals surface area contributed by atoms with Gasteiger partial charge >= 0.3 is 5.97 Å². The first-order valence-electron chi connectivity index (χ1n) is 14.9. The molecule has 0 spiro atoms. The Kier molecular flexibility index (Phi) is 7.61. The van der Waals surface area contributed by atoms with E-state index < -0.39 is 40.2 Å². The Balaban J connectivity index is 1.40. The van der Waals surface area contributed by atoms with Gasteiger partial charge in [0.25, 0.3) is 0 Å². The largest absolute Gasteiger partial charge is 0.447 e. The highest BCUT2D eigenvalue weighted by molar-refractivity contribution is 8.13. The normalized spacial score (nSPS) is 37.9. The smallest absolute Gasteiger partial charge is 0.333 e. The van der Waals surface area contributed by atoms with Crippen molar-refractivity contribution in [1.29, 1.82) is 0 Å². The molecule has 11 heteroatoms. The second kappa shape index (κ2) is 10.8. The number of aliphatic hydroxyl groups excluding tert-OH is 1. The fourth-order valence-corrected chi connectivity index (χ4v) is 10.6. The van der Waals surface area contributed by atoms with E-state index in [1.165, 1.54) is 24.9 Å². The number of aromatic nitrogens is 3. The van der Waals surface area contributed by atoms with Gasteiger partial charge in [-0.15, -0.1) is 0 Å². The van der Waals surface area contributed by atoms with Gasteiger partial charge in [-0.05, 0) is 90.3 Å². The summed E-state index contributed by atoms with van der Waals surface area (Å²) in [6, 6.07) is 2.06. The number of methoxy groups -OCH3 is 1. The maximum absolute atomic E-state index is 13.8. The average molecular weight is 616 g/mol. The Hall–Kier alpha value is -2.63. The third-order valence-corrected chi connectivity index (χ3v) is 11.9. The highest BCUT2D eigenvalue weighted by Gasteiger charge is 2.73. The molecule has 4 aliphatic rings. The van der Waals surface area contributed by atoms with Crippen LogP contribution in [0.4, 0.5) is 8.78 Å². The summed E-state index contributed by atoms with van der Waals surface area (Å²) < 4.78 is 40.0. The van der Waals surface area contributed by atoms with Gasteiger partial charge < -0.3 is 14.6 Å². The van der Waals surface area contributed by atoms with Crippen molar-refractivity contribution in [2.24, 2.45) is 40.4 Å². The highest BCUT2D eigenvalue weighted by atomic mass is 32.2. The lowest BCUT2D eigenvalue weighted by Gasteiger charge is -2.62. The quantitative estimate of drug-likeness (QED) is 0.351. The Morgan fingerprint density at radius 3 is 2.65 bits per heavy atom. The van der Waals surface area contributed by atoms with E-state index in [-0.39, 0.29) is 48.0 Å². The topological polar surface area (TPSA) is 104 Å². The number of nitrogens with zero attached hydrogens (tertiary/aromatic N) is 3. The number of ether oxygens (including phenoxy) is 2. The molecule has 232 valence electrons. The summed E-state index contributed by atoms with van der Waals surface area (Å²) in [5.41, 5.74) is 1.08. The van der Waals surface area contributed by atoms with Gasteiger partial charge in [-0.1, -0.05) is 33.3 Å². The molecule has 8 nitrogen and oxygen atoms in total. The molecule has 2 heterocycles. The zero-order valence-corrected chi connectivity index (χ0v) is 26.0. The fraction of sp³-hybridized carbons (Fsp3) is 0.625. The predicted molar refractivity (Wildman–Crippen MR) is 157 cm³/mol. The Labute approximate surface area is 254 Å². The van der Waals surface area contributed by atoms with Crippen LogP contribution in [0.1, 0.15) is 58.2 Å². The number of allylic oxidation sites excluding steroid dienone is 1. The van der Waals surface area contributed by atoms with Gasteiger partial charge in [0, 0.05) is 18.4 Å². The first kappa shape index (κ1) is 30.4. The molecule has 3 saturated carbocycles. The molecule has 2 aromatic rings. The van der Waals surface area contributed by atoms with Crippen molar-refractivity contribution in [3.05, 3.63) is 47.3 Å². The van der Waals surface area contributed by atoms with Crippen LogP contribution in [0.15, 0.2) is 30.1 Å². The molecule has 1 N–H and O–H groups in total. The second-order valence-corrected chi connectivity index (χ2v) is 14.3. The van der Waals surface area contributed by atoms with Gasteiger partial charge in [0.2, 0.25) is 11.1 Å². The molecule has 0 amide bonds. The van der Waals surface area contributed by atoms with Crippen molar-refractivity contribution in [1.82, 2.24) is 14.8 Å². The number of aliphatic hydroxyl groups is 1. The lowest BCUT2D eigenvalue weighted by molar-refractivity contribution is -0.204. The van der Waals surface area contributed by atoms with E-state index in [9.17, 15) is 23.5 Å². The summed E-state index contributed by atoms with van der Waals surface area (Å²) in [5, 5.41) is 16.2. The Morgan fingerprint density at radius 2 is 1.98 bits per heavy atom. The summed E-state index contributed by atoms with van der Waals surface area (Å²) >= 11 is 0.539. The number of pyridine rings is 1. The van der Waals surface area contributed by atoms with Crippen LogP contribution < -0.4 is 0 Å². The standard InChI is InChI=1S/C32H39F2N3O5S/c1-17-8-21-23-9-18(2)32(29(40)43-16-33,42-27(39)15-41-5)31(23,4)12-25(38)28(21)30(3)11-19-13-36-37(24(19)10-22(17)30)20-6-7-26(34)35-14-20/h6-7,10,13-14,17-18,21,23,25,28,38H,8-9,11-12,15-16H2,1-5H3/t17-,18+,21-,23-,25-,28+,30-,31-,32-/m0/s1. The number of esters is 1. The van der Waals surface area contributed by atoms with Gasteiger partial charge in [0.15, 0.2) is 5.60 Å². The summed E-state index contributed by atoms with van der Waals surface area (Å²) in [6.45, 7) is 7.98. The minimum absolute atomic E-state index is 0.0226. The van der Waals surface area contributed by atoms with Gasteiger partial charge in [-0.25, -0.2) is 18.9 Å². The SMILES string of the molecule is COCC(=O)O[C@]1(C(=O)SCF)[C@H](C)C[C@H]2[C@@H]3C[C@H](C)C4=Cc5c(cnn5-c5ccc(F)nc5)C[C@]4(C)[C@H]3[C@@H](O)C[C@@]21C. The van der Waals surface area contributed by atoms with E-state index in [0.29, 0.717) is 30.3 Å². The molecule has 43 heavy (non-hydrogen) atoms. The zero-order chi connectivity index (χ0) is 30.9. The number of alkyl halides is 1. The minimum Gasteiger partial charge on any atom is -0.447 e. The van der Waals surface area contributed by atoms with Crippen LogP contribution in [0.5, 0.6) is 0 Å². The van der Waals surface area contributed by atoms with E-state index in [0.717, 1.165) is 17.7 Å². The van der Waals surface area contributed by atoms with E-state index in [4.69, 9.17) is 9.47 Å². The predicted octanol–water partition coefficient (Wildman–Crippen LogP) is 5.17. The number of hydrogen-bond acceptors (Lipinski definition) is 8. The summed E-state index contributed by atoms with van der Waals surface area (Å²) in [7, 11) is 1.38. The lowest BCUT2D eigenvalue weighted by atomic mass is 9.44. The van der Waals surface area contributed by atoms with Gasteiger partial charge in [-0.3, -0.25) is 4.79 Å². The number of thioether (sulfide) groups is 1. The van der Waals surface area contributed by atoms with Gasteiger partial charge in [-0.2, -0.15) is 9.49 Å². The lowest BCUT2D eigenvalue weighted by Crippen LogP contribution is -2.64. The molecule has 2 aromatic heterocycles. The van der Waals surface area contributed by atoms with Gasteiger partial charge in [0.05, 0.1) is 29.9 Å². The number of fused-ring (bicyclic) bond motifs is 6. The van der Waals surface area contributed by atoms with Crippen LogP contribution in [0, 0.1) is 46.4 Å². The van der Waals surface area contributed by atoms with Crippen LogP contribution >= 0.6 is 11.8 Å². The maximum Gasteiger partial charge on any atom is 0.333 e. The monoisotopic (exact) mass is 615 g/mol. The van der Waals surface area contributed by atoms with E-state index in [2.05, 4.69) is 30.0 Å². The van der Waals surface area contributed by atoms with Crippen LogP contribution in [0.2, 0.25) is 0 Å². The minimum atomic E-state index is -1.57. The molecule has 9 atom stereocenters. The first-order chi connectivity index (χ1) is 20.4. The fourth-order valence-electron chi connectivity index (χ4n) is 9.82. The Bertz CT molecular complexity index is 1470. The van der Waals surface area contributed by atoms with Gasteiger partial charge in [0.1, 0.15) is 12.6 Å². The summed E-state index contributed by atoms with van der Waals surface area (Å²) in [4.78, 5) is 30.4. The molecule has 0 aromatic carbocycles. The summed E-state index contributed by atoms with van der Waals surface area (Å²) in [6.07, 6.45) is 7.08. The van der Waals surface area contributed by atoms with Crippen LogP contribution in [-0.2, 0) is 25.5 Å². The van der Waals surface area contributed by atoms with Crippen molar-refractivity contribution >= 4 is 28.9 Å². The third-order valence-electron chi connectivity index (χ3n) is 11.3. The Morgan fingerprint density at radius 1 is 1.21 bits per heavy atom. The molecular formula is C32H39F2N3O5S. The second-order valence-electron chi connectivity index (χ2n) is 13.4. The van der Waals surface area contributed by atoms with Crippen LogP contribution in [0.3, 0.4) is 0 Å². The van der Waals surface area contributed by atoms with Crippen molar-refractivity contribution in [2.45, 2.75) is 65.1 Å². The number of hydrogen-bond donors (Lipinski definition) is 1. The van der Waals surface area contributed by atoms with Crippen molar-refractivity contribution in [3.8, 4) is 5.69 Å². The van der Waals surface area contributed by atoms with Crippen molar-refractivity contribution in [2.75, 3.05) is 19.7 Å². The van der Waals surface area contributed by atoms with E-state index in [1.54, 1.807) is 10.7 Å². The van der Waals surface area contributed by atoms with Crippen LogP contribution in [-0.4, -0.2) is 62.4 Å². The molecule has 4 aliphatic carbocycles. The van der Waals surface area contributed by atoms with E-state index >= 15 is 0 Å². The summed E-state index contributed by atoms with van der Waals surface area (Å²) in [5.74, 6) is -1.48.